The third kappa shape index (κ3) is 1.91. The van der Waals surface area contributed by atoms with Crippen LogP contribution in [0.2, 0.25) is 0 Å². The molecule has 5 heteroatoms. The maximum absolute atomic E-state index is 11.3. The van der Waals surface area contributed by atoms with Crippen molar-refractivity contribution in [3.8, 4) is 0 Å². The highest BCUT2D eigenvalue weighted by Gasteiger charge is 2.40. The second-order valence-corrected chi connectivity index (χ2v) is 6.00. The SMILES string of the molecule is CNC(c1cc2[nH]c(=O)[nH]c2cc1Br)C1CC1C. The molecule has 0 spiro atoms. The van der Waals surface area contributed by atoms with Crippen molar-refractivity contribution in [2.45, 2.75) is 19.4 Å². The van der Waals surface area contributed by atoms with Crippen molar-refractivity contribution in [2.75, 3.05) is 7.05 Å². The van der Waals surface area contributed by atoms with Gasteiger partial charge in [-0.05, 0) is 43.0 Å². The van der Waals surface area contributed by atoms with E-state index in [1.807, 2.05) is 13.1 Å². The summed E-state index contributed by atoms with van der Waals surface area (Å²) in [5.74, 6) is 1.46. The predicted octanol–water partition coefficient (Wildman–Crippen LogP) is 2.54. The van der Waals surface area contributed by atoms with E-state index in [1.165, 1.54) is 12.0 Å². The lowest BCUT2D eigenvalue weighted by atomic mass is 10.0. The highest BCUT2D eigenvalue weighted by atomic mass is 79.9. The van der Waals surface area contributed by atoms with Crippen LogP contribution >= 0.6 is 15.9 Å². The second kappa shape index (κ2) is 4.24. The second-order valence-electron chi connectivity index (χ2n) is 5.14. The molecule has 3 N–H and O–H groups in total. The van der Waals surface area contributed by atoms with E-state index in [1.54, 1.807) is 0 Å². The molecule has 1 aliphatic carbocycles. The van der Waals surface area contributed by atoms with Crippen LogP contribution in [0.1, 0.15) is 24.9 Å². The fraction of sp³-hybridized carbons (Fsp3) is 0.462. The van der Waals surface area contributed by atoms with E-state index < -0.39 is 0 Å². The molecule has 0 saturated heterocycles. The van der Waals surface area contributed by atoms with Gasteiger partial charge in [0.1, 0.15) is 0 Å². The lowest BCUT2D eigenvalue weighted by molar-refractivity contribution is 0.503. The van der Waals surface area contributed by atoms with Gasteiger partial charge in [-0.2, -0.15) is 0 Å². The number of aromatic amines is 2. The number of fused-ring (bicyclic) bond motifs is 1. The van der Waals surface area contributed by atoms with Crippen molar-refractivity contribution in [2.24, 2.45) is 11.8 Å². The number of imidazole rings is 1. The Morgan fingerprint density at radius 2 is 2.00 bits per heavy atom. The summed E-state index contributed by atoms with van der Waals surface area (Å²) < 4.78 is 1.05. The third-order valence-corrected chi connectivity index (χ3v) is 4.57. The van der Waals surface area contributed by atoms with Crippen LogP contribution in [0.5, 0.6) is 0 Å². The largest absolute Gasteiger partial charge is 0.323 e. The van der Waals surface area contributed by atoms with Crippen LogP contribution in [0.15, 0.2) is 21.4 Å². The number of hydrogen-bond acceptors (Lipinski definition) is 2. The van der Waals surface area contributed by atoms with Crippen molar-refractivity contribution in [3.63, 3.8) is 0 Å². The molecule has 18 heavy (non-hydrogen) atoms. The molecule has 3 rings (SSSR count). The summed E-state index contributed by atoms with van der Waals surface area (Å²) in [5.41, 5.74) is 2.77. The van der Waals surface area contributed by atoms with Crippen molar-refractivity contribution in [1.29, 1.82) is 0 Å². The standard InChI is InChI=1S/C13H16BrN3O/c1-6-3-7(6)12(15-2)8-4-10-11(5-9(8)14)17-13(18)16-10/h4-7,12,15H,3H2,1-2H3,(H2,16,17,18). The first-order valence-electron chi connectivity index (χ1n) is 6.19. The molecule has 3 atom stereocenters. The summed E-state index contributed by atoms with van der Waals surface area (Å²) >= 11 is 3.61. The Labute approximate surface area is 113 Å². The minimum atomic E-state index is -0.158. The average Bonchev–Trinajstić information content (AvgIpc) is 2.90. The molecule has 1 aromatic heterocycles. The Bertz CT molecular complexity index is 645. The fourth-order valence-electron chi connectivity index (χ4n) is 2.73. The first-order valence-corrected chi connectivity index (χ1v) is 6.98. The van der Waals surface area contributed by atoms with E-state index in [9.17, 15) is 4.79 Å². The summed E-state index contributed by atoms with van der Waals surface area (Å²) in [6.07, 6.45) is 1.26. The Hall–Kier alpha value is -1.07. The molecule has 0 bridgehead atoms. The van der Waals surface area contributed by atoms with Gasteiger partial charge in [0.05, 0.1) is 11.0 Å². The van der Waals surface area contributed by atoms with Crippen LogP contribution in [0.3, 0.4) is 0 Å². The van der Waals surface area contributed by atoms with Gasteiger partial charge in [-0.3, -0.25) is 0 Å². The molecule has 4 nitrogen and oxygen atoms in total. The van der Waals surface area contributed by atoms with Crippen LogP contribution in [-0.4, -0.2) is 17.0 Å². The number of benzene rings is 1. The molecule has 0 radical (unpaired) electrons. The molecule has 96 valence electrons. The van der Waals surface area contributed by atoms with Gasteiger partial charge in [-0.1, -0.05) is 22.9 Å². The number of aromatic nitrogens is 2. The fourth-order valence-corrected chi connectivity index (χ4v) is 3.32. The molecule has 1 aliphatic rings. The Morgan fingerprint density at radius 3 is 2.56 bits per heavy atom. The summed E-state index contributed by atoms with van der Waals surface area (Å²) in [5, 5.41) is 3.39. The van der Waals surface area contributed by atoms with E-state index in [0.29, 0.717) is 12.0 Å². The van der Waals surface area contributed by atoms with Gasteiger partial charge in [0.25, 0.3) is 0 Å². The average molecular weight is 310 g/mol. The Balaban J connectivity index is 2.09. The van der Waals surface area contributed by atoms with Crippen LogP contribution in [0.4, 0.5) is 0 Å². The topological polar surface area (TPSA) is 60.7 Å². The van der Waals surface area contributed by atoms with Gasteiger partial charge in [-0.25, -0.2) is 4.79 Å². The molecule has 3 unspecified atom stereocenters. The molecule has 1 saturated carbocycles. The lowest BCUT2D eigenvalue weighted by Crippen LogP contribution is -2.19. The molecule has 1 aromatic carbocycles. The molecule has 0 aliphatic heterocycles. The van der Waals surface area contributed by atoms with Gasteiger partial charge < -0.3 is 15.3 Å². The molecule has 0 amide bonds. The minimum absolute atomic E-state index is 0.158. The molecular formula is C13H16BrN3O. The first kappa shape index (κ1) is 12.0. The molecule has 1 heterocycles. The zero-order valence-electron chi connectivity index (χ0n) is 10.4. The number of nitrogens with one attached hydrogen (secondary N) is 3. The van der Waals surface area contributed by atoms with E-state index >= 15 is 0 Å². The van der Waals surface area contributed by atoms with E-state index in [0.717, 1.165) is 21.4 Å². The summed E-state index contributed by atoms with van der Waals surface area (Å²) in [6.45, 7) is 2.28. The van der Waals surface area contributed by atoms with Gasteiger partial charge in [0.2, 0.25) is 0 Å². The lowest BCUT2D eigenvalue weighted by Gasteiger charge is -2.18. The van der Waals surface area contributed by atoms with Crippen molar-refractivity contribution in [3.05, 3.63) is 32.7 Å². The van der Waals surface area contributed by atoms with Gasteiger partial charge in [-0.15, -0.1) is 0 Å². The summed E-state index contributed by atoms with van der Waals surface area (Å²) in [6, 6.07) is 4.38. The van der Waals surface area contributed by atoms with Crippen molar-refractivity contribution in [1.82, 2.24) is 15.3 Å². The zero-order valence-corrected chi connectivity index (χ0v) is 12.0. The quantitative estimate of drug-likeness (QED) is 0.816. The Morgan fingerprint density at radius 1 is 1.39 bits per heavy atom. The number of halogens is 1. The summed E-state index contributed by atoms with van der Waals surface area (Å²) in [4.78, 5) is 16.9. The van der Waals surface area contributed by atoms with Crippen LogP contribution < -0.4 is 11.0 Å². The maximum Gasteiger partial charge on any atom is 0.323 e. The summed E-state index contributed by atoms with van der Waals surface area (Å²) in [7, 11) is 1.99. The van der Waals surface area contributed by atoms with E-state index in [4.69, 9.17) is 0 Å². The third-order valence-electron chi connectivity index (χ3n) is 3.88. The number of hydrogen-bond donors (Lipinski definition) is 3. The van der Waals surface area contributed by atoms with E-state index in [2.05, 4.69) is 44.2 Å². The Kier molecular flexibility index (Phi) is 2.83. The van der Waals surface area contributed by atoms with Crippen LogP contribution in [0, 0.1) is 11.8 Å². The van der Waals surface area contributed by atoms with E-state index in [-0.39, 0.29) is 5.69 Å². The predicted molar refractivity (Wildman–Crippen MR) is 75.7 cm³/mol. The van der Waals surface area contributed by atoms with Gasteiger partial charge in [0, 0.05) is 10.5 Å². The van der Waals surface area contributed by atoms with Gasteiger partial charge >= 0.3 is 5.69 Å². The highest BCUT2D eigenvalue weighted by molar-refractivity contribution is 9.10. The maximum atomic E-state index is 11.3. The van der Waals surface area contributed by atoms with Crippen molar-refractivity contribution >= 4 is 27.0 Å². The van der Waals surface area contributed by atoms with Crippen LogP contribution in [0.25, 0.3) is 11.0 Å². The normalized spacial score (nSPS) is 24.4. The number of rotatable bonds is 3. The van der Waals surface area contributed by atoms with Gasteiger partial charge in [0.15, 0.2) is 0 Å². The smallest absolute Gasteiger partial charge is 0.313 e. The number of H-pyrrole nitrogens is 2. The van der Waals surface area contributed by atoms with Crippen LogP contribution in [-0.2, 0) is 0 Å². The monoisotopic (exact) mass is 309 g/mol. The molecule has 1 fully saturated rings. The highest BCUT2D eigenvalue weighted by Crippen LogP contribution is 2.48. The molecular weight excluding hydrogens is 294 g/mol. The first-order chi connectivity index (χ1) is 8.60. The zero-order chi connectivity index (χ0) is 12.9. The van der Waals surface area contributed by atoms with Crippen molar-refractivity contribution < 1.29 is 0 Å². The minimum Gasteiger partial charge on any atom is -0.313 e. The molecule has 2 aromatic rings.